The van der Waals surface area contributed by atoms with E-state index in [-0.39, 0.29) is 6.10 Å². The van der Waals surface area contributed by atoms with Gasteiger partial charge in [0, 0.05) is 12.0 Å². The van der Waals surface area contributed by atoms with Gasteiger partial charge in [-0.3, -0.25) is 0 Å². The van der Waals surface area contributed by atoms with Gasteiger partial charge in [-0.1, -0.05) is 12.1 Å². The van der Waals surface area contributed by atoms with Crippen molar-refractivity contribution in [2.75, 3.05) is 6.54 Å². The number of halogens is 1. The predicted molar refractivity (Wildman–Crippen MR) is 77.3 cm³/mol. The van der Waals surface area contributed by atoms with E-state index in [4.69, 9.17) is 9.15 Å². The second-order valence-electron chi connectivity index (χ2n) is 4.74. The summed E-state index contributed by atoms with van der Waals surface area (Å²) in [5.41, 5.74) is 1.17. The minimum atomic E-state index is 0.0427. The maximum Gasteiger partial charge on any atom is 0.134 e. The van der Waals surface area contributed by atoms with Gasteiger partial charge in [0.05, 0.1) is 11.0 Å². The first-order valence-corrected chi connectivity index (χ1v) is 7.24. The molecule has 1 aromatic carbocycles. The maximum atomic E-state index is 6.16. The standard InChI is InChI=1S/C15H16BrNO2/c1-10-8-11-13(6-7-17-9-15(11)18-10)19-14-5-3-2-4-12(14)16/h2-5,8,13,17H,6-7,9H2,1H3. The molecule has 4 heteroatoms. The summed E-state index contributed by atoms with van der Waals surface area (Å²) >= 11 is 3.52. The van der Waals surface area contributed by atoms with Crippen LogP contribution < -0.4 is 10.1 Å². The molecule has 1 aromatic heterocycles. The van der Waals surface area contributed by atoms with Crippen molar-refractivity contribution >= 4 is 15.9 Å². The highest BCUT2D eigenvalue weighted by molar-refractivity contribution is 9.10. The van der Waals surface area contributed by atoms with Crippen LogP contribution in [0, 0.1) is 6.92 Å². The van der Waals surface area contributed by atoms with Gasteiger partial charge in [0.25, 0.3) is 0 Å². The molecule has 3 rings (SSSR count). The summed E-state index contributed by atoms with van der Waals surface area (Å²) in [6.45, 7) is 3.68. The van der Waals surface area contributed by atoms with Crippen molar-refractivity contribution in [3.63, 3.8) is 0 Å². The number of para-hydroxylation sites is 1. The number of ether oxygens (including phenoxy) is 1. The van der Waals surface area contributed by atoms with Crippen molar-refractivity contribution in [2.45, 2.75) is 26.0 Å². The Labute approximate surface area is 121 Å². The Morgan fingerprint density at radius 1 is 1.37 bits per heavy atom. The normalized spacial score (nSPS) is 18.7. The summed E-state index contributed by atoms with van der Waals surface area (Å²) in [4.78, 5) is 0. The number of aryl methyl sites for hydroxylation is 1. The van der Waals surface area contributed by atoms with E-state index >= 15 is 0 Å². The van der Waals surface area contributed by atoms with Gasteiger partial charge in [0.1, 0.15) is 23.4 Å². The van der Waals surface area contributed by atoms with Crippen LogP contribution in [-0.4, -0.2) is 6.54 Å². The quantitative estimate of drug-likeness (QED) is 0.909. The monoisotopic (exact) mass is 321 g/mol. The molecule has 1 unspecified atom stereocenters. The number of benzene rings is 1. The number of furan rings is 1. The predicted octanol–water partition coefficient (Wildman–Crippen LogP) is 3.96. The van der Waals surface area contributed by atoms with Gasteiger partial charge in [-0.25, -0.2) is 0 Å². The van der Waals surface area contributed by atoms with Crippen LogP contribution in [0.4, 0.5) is 0 Å². The molecule has 19 heavy (non-hydrogen) atoms. The van der Waals surface area contributed by atoms with Gasteiger partial charge in [-0.15, -0.1) is 0 Å². The lowest BCUT2D eigenvalue weighted by molar-refractivity contribution is 0.195. The molecule has 0 saturated carbocycles. The van der Waals surface area contributed by atoms with Crippen molar-refractivity contribution in [1.29, 1.82) is 0 Å². The van der Waals surface area contributed by atoms with Crippen LogP contribution in [0.5, 0.6) is 5.75 Å². The van der Waals surface area contributed by atoms with E-state index in [1.165, 1.54) is 5.56 Å². The Hall–Kier alpha value is -1.26. The summed E-state index contributed by atoms with van der Waals surface area (Å²) in [6.07, 6.45) is 0.981. The molecule has 0 saturated heterocycles. The summed E-state index contributed by atoms with van der Waals surface area (Å²) in [6, 6.07) is 10.0. The van der Waals surface area contributed by atoms with Gasteiger partial charge in [-0.05, 0) is 47.6 Å². The number of rotatable bonds is 2. The maximum absolute atomic E-state index is 6.16. The van der Waals surface area contributed by atoms with Crippen molar-refractivity contribution in [2.24, 2.45) is 0 Å². The SMILES string of the molecule is Cc1cc2c(o1)CNCCC2Oc1ccccc1Br. The lowest BCUT2D eigenvalue weighted by Gasteiger charge is -2.18. The molecule has 0 radical (unpaired) electrons. The average Bonchev–Trinajstić information content (AvgIpc) is 2.67. The third-order valence-electron chi connectivity index (χ3n) is 3.29. The minimum Gasteiger partial charge on any atom is -0.484 e. The highest BCUT2D eigenvalue weighted by atomic mass is 79.9. The van der Waals surface area contributed by atoms with E-state index in [0.29, 0.717) is 0 Å². The molecule has 1 aliphatic rings. The molecule has 2 aromatic rings. The highest BCUT2D eigenvalue weighted by Crippen LogP contribution is 2.34. The zero-order valence-corrected chi connectivity index (χ0v) is 12.4. The number of hydrogen-bond acceptors (Lipinski definition) is 3. The Morgan fingerprint density at radius 2 is 2.21 bits per heavy atom. The fourth-order valence-corrected chi connectivity index (χ4v) is 2.78. The molecule has 0 aliphatic carbocycles. The summed E-state index contributed by atoms with van der Waals surface area (Å²) < 4.78 is 12.9. The van der Waals surface area contributed by atoms with Crippen LogP contribution in [0.15, 0.2) is 39.2 Å². The number of hydrogen-bond donors (Lipinski definition) is 1. The Bertz CT molecular complexity index is 579. The molecule has 3 nitrogen and oxygen atoms in total. The van der Waals surface area contributed by atoms with Crippen molar-refractivity contribution in [3.8, 4) is 5.75 Å². The van der Waals surface area contributed by atoms with E-state index in [9.17, 15) is 0 Å². The third kappa shape index (κ3) is 2.69. The third-order valence-corrected chi connectivity index (χ3v) is 3.94. The zero-order chi connectivity index (χ0) is 13.2. The molecule has 0 fully saturated rings. The zero-order valence-electron chi connectivity index (χ0n) is 10.8. The van der Waals surface area contributed by atoms with Gasteiger partial charge >= 0.3 is 0 Å². The van der Waals surface area contributed by atoms with Gasteiger partial charge in [0.2, 0.25) is 0 Å². The molecular formula is C15H16BrNO2. The molecule has 0 amide bonds. The number of nitrogens with one attached hydrogen (secondary N) is 1. The van der Waals surface area contributed by atoms with Crippen LogP contribution in [0.2, 0.25) is 0 Å². The Morgan fingerprint density at radius 3 is 3.05 bits per heavy atom. The van der Waals surface area contributed by atoms with Crippen LogP contribution in [0.3, 0.4) is 0 Å². The molecule has 100 valence electrons. The van der Waals surface area contributed by atoms with E-state index in [0.717, 1.165) is 41.3 Å². The number of fused-ring (bicyclic) bond motifs is 1. The van der Waals surface area contributed by atoms with E-state index in [1.54, 1.807) is 0 Å². The average molecular weight is 322 g/mol. The Kier molecular flexibility index (Phi) is 3.62. The molecular weight excluding hydrogens is 306 g/mol. The van der Waals surface area contributed by atoms with E-state index in [2.05, 4.69) is 27.3 Å². The van der Waals surface area contributed by atoms with Crippen LogP contribution in [-0.2, 0) is 6.54 Å². The van der Waals surface area contributed by atoms with Crippen molar-refractivity contribution in [3.05, 3.63) is 51.9 Å². The summed E-state index contributed by atoms with van der Waals surface area (Å²) in [5, 5.41) is 3.36. The van der Waals surface area contributed by atoms with Crippen LogP contribution in [0.25, 0.3) is 0 Å². The largest absolute Gasteiger partial charge is 0.484 e. The van der Waals surface area contributed by atoms with E-state index < -0.39 is 0 Å². The van der Waals surface area contributed by atoms with Crippen molar-refractivity contribution < 1.29 is 9.15 Å². The topological polar surface area (TPSA) is 34.4 Å². The smallest absolute Gasteiger partial charge is 0.134 e. The fourth-order valence-electron chi connectivity index (χ4n) is 2.40. The van der Waals surface area contributed by atoms with Crippen LogP contribution in [0.1, 0.15) is 29.6 Å². The molecule has 1 atom stereocenters. The molecule has 1 N–H and O–H groups in total. The van der Waals surface area contributed by atoms with Gasteiger partial charge < -0.3 is 14.5 Å². The first-order chi connectivity index (χ1) is 9.24. The summed E-state index contributed by atoms with van der Waals surface area (Å²) in [7, 11) is 0. The molecule has 0 spiro atoms. The van der Waals surface area contributed by atoms with Gasteiger partial charge in [-0.2, -0.15) is 0 Å². The first-order valence-electron chi connectivity index (χ1n) is 6.45. The lowest BCUT2D eigenvalue weighted by Crippen LogP contribution is -2.14. The van der Waals surface area contributed by atoms with E-state index in [1.807, 2.05) is 31.2 Å². The molecule has 2 heterocycles. The highest BCUT2D eigenvalue weighted by Gasteiger charge is 2.24. The van der Waals surface area contributed by atoms with Crippen LogP contribution >= 0.6 is 15.9 Å². The Balaban J connectivity index is 1.90. The first kappa shape index (κ1) is 12.8. The molecule has 1 aliphatic heterocycles. The second kappa shape index (κ2) is 5.39. The fraction of sp³-hybridized carbons (Fsp3) is 0.333. The van der Waals surface area contributed by atoms with Gasteiger partial charge in [0.15, 0.2) is 0 Å². The van der Waals surface area contributed by atoms with Crippen molar-refractivity contribution in [1.82, 2.24) is 5.32 Å². The molecule has 0 bridgehead atoms. The lowest BCUT2D eigenvalue weighted by atomic mass is 10.1. The summed E-state index contributed by atoms with van der Waals surface area (Å²) in [5.74, 6) is 2.81. The minimum absolute atomic E-state index is 0.0427. The second-order valence-corrected chi connectivity index (χ2v) is 5.59.